The Labute approximate surface area is 106 Å². The van der Waals surface area contributed by atoms with Crippen LogP contribution in [0.2, 0.25) is 0 Å². The number of carbonyl (C=O) groups excluding carboxylic acids is 1. The fraction of sp³-hybridized carbons (Fsp3) is 0.0714. The molecule has 0 bridgehead atoms. The first-order chi connectivity index (χ1) is 8.54. The molecule has 0 radical (unpaired) electrons. The minimum Gasteiger partial charge on any atom is -0.298 e. The molecule has 0 N–H and O–H groups in total. The van der Waals surface area contributed by atoms with Crippen LogP contribution in [-0.4, -0.2) is 14.7 Å². The van der Waals surface area contributed by atoms with Gasteiger partial charge in [0, 0.05) is 5.56 Å². The third kappa shape index (κ3) is 2.33. The van der Waals surface area contributed by atoms with Crippen LogP contribution >= 0.6 is 0 Å². The molecule has 0 saturated heterocycles. The van der Waals surface area contributed by atoms with Crippen LogP contribution in [0.25, 0.3) is 0 Å². The molecule has 0 aromatic heterocycles. The lowest BCUT2D eigenvalue weighted by atomic mass is 10.2. The summed E-state index contributed by atoms with van der Waals surface area (Å²) < 4.78 is 24.5. The summed E-state index contributed by atoms with van der Waals surface area (Å²) in [5, 5.41) is 0. The SMILES string of the molecule is Cc1ccc(S(=O)(=O)c2ccc(C=O)cc2)cc1. The van der Waals surface area contributed by atoms with Gasteiger partial charge in [0.05, 0.1) is 9.79 Å². The van der Waals surface area contributed by atoms with E-state index in [1.807, 2.05) is 6.92 Å². The molecule has 0 saturated carbocycles. The van der Waals surface area contributed by atoms with Crippen LogP contribution in [0.1, 0.15) is 15.9 Å². The first-order valence-electron chi connectivity index (χ1n) is 5.41. The topological polar surface area (TPSA) is 51.2 Å². The Balaban J connectivity index is 2.47. The van der Waals surface area contributed by atoms with Gasteiger partial charge in [0.2, 0.25) is 9.84 Å². The second-order valence-corrected chi connectivity index (χ2v) is 5.95. The zero-order valence-corrected chi connectivity index (χ0v) is 10.6. The number of aldehydes is 1. The zero-order valence-electron chi connectivity index (χ0n) is 9.83. The van der Waals surface area contributed by atoms with Crippen molar-refractivity contribution in [1.82, 2.24) is 0 Å². The van der Waals surface area contributed by atoms with E-state index in [2.05, 4.69) is 0 Å². The molecule has 92 valence electrons. The molecular weight excluding hydrogens is 248 g/mol. The third-order valence-electron chi connectivity index (χ3n) is 2.66. The summed E-state index contributed by atoms with van der Waals surface area (Å²) in [6, 6.07) is 12.6. The standard InChI is InChI=1S/C14H12O3S/c1-11-2-6-13(7-3-11)18(16,17)14-8-4-12(10-15)5-9-14/h2-10H,1H3. The van der Waals surface area contributed by atoms with Gasteiger partial charge in [-0.1, -0.05) is 29.8 Å². The van der Waals surface area contributed by atoms with Gasteiger partial charge in [0.15, 0.2) is 0 Å². The summed E-state index contributed by atoms with van der Waals surface area (Å²) >= 11 is 0. The molecule has 3 nitrogen and oxygen atoms in total. The lowest BCUT2D eigenvalue weighted by Gasteiger charge is -2.05. The average molecular weight is 260 g/mol. The van der Waals surface area contributed by atoms with Gasteiger partial charge in [0.25, 0.3) is 0 Å². The Morgan fingerprint density at radius 1 is 0.833 bits per heavy atom. The van der Waals surface area contributed by atoms with Gasteiger partial charge in [-0.2, -0.15) is 0 Å². The lowest BCUT2D eigenvalue weighted by Crippen LogP contribution is -2.02. The van der Waals surface area contributed by atoms with Crippen LogP contribution in [0.4, 0.5) is 0 Å². The quantitative estimate of drug-likeness (QED) is 0.797. The minimum atomic E-state index is -3.50. The van der Waals surface area contributed by atoms with Crippen LogP contribution < -0.4 is 0 Å². The van der Waals surface area contributed by atoms with Gasteiger partial charge < -0.3 is 0 Å². The molecule has 0 aliphatic carbocycles. The van der Waals surface area contributed by atoms with E-state index in [1.54, 1.807) is 24.3 Å². The van der Waals surface area contributed by atoms with Gasteiger partial charge in [-0.3, -0.25) is 4.79 Å². The van der Waals surface area contributed by atoms with Crippen LogP contribution in [0.3, 0.4) is 0 Å². The zero-order chi connectivity index (χ0) is 13.2. The fourth-order valence-corrected chi connectivity index (χ4v) is 2.84. The second kappa shape index (κ2) is 4.74. The molecule has 0 aliphatic rings. The first-order valence-corrected chi connectivity index (χ1v) is 6.89. The number of aryl methyl sites for hydroxylation is 1. The van der Waals surface area contributed by atoms with Crippen molar-refractivity contribution < 1.29 is 13.2 Å². The van der Waals surface area contributed by atoms with E-state index < -0.39 is 9.84 Å². The number of hydrogen-bond acceptors (Lipinski definition) is 3. The predicted octanol–water partition coefficient (Wildman–Crippen LogP) is 2.64. The molecule has 2 aromatic carbocycles. The molecule has 2 rings (SSSR count). The highest BCUT2D eigenvalue weighted by atomic mass is 32.2. The van der Waals surface area contributed by atoms with E-state index in [0.717, 1.165) is 5.56 Å². The number of benzene rings is 2. The van der Waals surface area contributed by atoms with Crippen molar-refractivity contribution in [1.29, 1.82) is 0 Å². The normalized spacial score (nSPS) is 11.2. The van der Waals surface area contributed by atoms with Crippen LogP contribution in [0.5, 0.6) is 0 Å². The third-order valence-corrected chi connectivity index (χ3v) is 4.44. The number of rotatable bonds is 3. The van der Waals surface area contributed by atoms with Crippen molar-refractivity contribution in [3.63, 3.8) is 0 Å². The van der Waals surface area contributed by atoms with Crippen molar-refractivity contribution in [2.75, 3.05) is 0 Å². The summed E-state index contributed by atoms with van der Waals surface area (Å²) in [4.78, 5) is 11.0. The van der Waals surface area contributed by atoms with Crippen LogP contribution in [-0.2, 0) is 9.84 Å². The Morgan fingerprint density at radius 2 is 1.28 bits per heavy atom. The summed E-state index contributed by atoms with van der Waals surface area (Å²) in [6.07, 6.45) is 0.683. The van der Waals surface area contributed by atoms with E-state index in [0.29, 0.717) is 11.8 Å². The lowest BCUT2D eigenvalue weighted by molar-refractivity contribution is 0.112. The highest BCUT2D eigenvalue weighted by Gasteiger charge is 2.16. The highest BCUT2D eigenvalue weighted by molar-refractivity contribution is 7.91. The van der Waals surface area contributed by atoms with Crippen LogP contribution in [0, 0.1) is 6.92 Å². The largest absolute Gasteiger partial charge is 0.298 e. The van der Waals surface area contributed by atoms with E-state index in [-0.39, 0.29) is 9.79 Å². The predicted molar refractivity (Wildman–Crippen MR) is 68.5 cm³/mol. The Bertz CT molecular complexity index is 653. The van der Waals surface area contributed by atoms with E-state index in [4.69, 9.17) is 0 Å². The van der Waals surface area contributed by atoms with Crippen molar-refractivity contribution in [2.24, 2.45) is 0 Å². The fourth-order valence-electron chi connectivity index (χ4n) is 1.58. The first kappa shape index (κ1) is 12.5. The van der Waals surface area contributed by atoms with Crippen LogP contribution in [0.15, 0.2) is 58.3 Å². The monoisotopic (exact) mass is 260 g/mol. The summed E-state index contributed by atoms with van der Waals surface area (Å²) in [5.74, 6) is 0. The Kier molecular flexibility index (Phi) is 3.30. The minimum absolute atomic E-state index is 0.192. The average Bonchev–Trinajstić information content (AvgIpc) is 2.39. The molecule has 0 amide bonds. The molecule has 0 atom stereocenters. The molecule has 0 spiro atoms. The molecule has 4 heteroatoms. The maximum atomic E-state index is 12.3. The van der Waals surface area contributed by atoms with Gasteiger partial charge >= 0.3 is 0 Å². The van der Waals surface area contributed by atoms with Gasteiger partial charge in [0.1, 0.15) is 6.29 Å². The maximum Gasteiger partial charge on any atom is 0.206 e. The van der Waals surface area contributed by atoms with Gasteiger partial charge in [-0.05, 0) is 31.2 Å². The van der Waals surface area contributed by atoms with E-state index >= 15 is 0 Å². The van der Waals surface area contributed by atoms with Crippen molar-refractivity contribution >= 4 is 16.1 Å². The summed E-state index contributed by atoms with van der Waals surface area (Å²) in [7, 11) is -3.50. The summed E-state index contributed by atoms with van der Waals surface area (Å²) in [6.45, 7) is 1.90. The molecule has 0 fully saturated rings. The van der Waals surface area contributed by atoms with Gasteiger partial charge in [-0.25, -0.2) is 8.42 Å². The Morgan fingerprint density at radius 3 is 1.72 bits per heavy atom. The van der Waals surface area contributed by atoms with Crippen molar-refractivity contribution in [3.8, 4) is 0 Å². The number of hydrogen-bond donors (Lipinski definition) is 0. The van der Waals surface area contributed by atoms with Crippen molar-refractivity contribution in [3.05, 3.63) is 59.7 Å². The highest BCUT2D eigenvalue weighted by Crippen LogP contribution is 2.21. The maximum absolute atomic E-state index is 12.3. The second-order valence-electron chi connectivity index (χ2n) is 4.00. The van der Waals surface area contributed by atoms with E-state index in [9.17, 15) is 13.2 Å². The molecule has 2 aromatic rings. The Hall–Kier alpha value is -1.94. The summed E-state index contributed by atoms with van der Waals surface area (Å²) in [5.41, 5.74) is 1.46. The molecule has 0 heterocycles. The van der Waals surface area contributed by atoms with E-state index in [1.165, 1.54) is 24.3 Å². The molecule has 0 unspecified atom stereocenters. The molecular formula is C14H12O3S. The molecule has 18 heavy (non-hydrogen) atoms. The number of carbonyl (C=O) groups is 1. The van der Waals surface area contributed by atoms with Crippen molar-refractivity contribution in [2.45, 2.75) is 16.7 Å². The van der Waals surface area contributed by atoms with Gasteiger partial charge in [-0.15, -0.1) is 0 Å². The number of sulfone groups is 1. The smallest absolute Gasteiger partial charge is 0.206 e. The molecule has 0 aliphatic heterocycles.